The van der Waals surface area contributed by atoms with Crippen LogP contribution in [0.5, 0.6) is 0 Å². The van der Waals surface area contributed by atoms with Crippen LogP contribution >= 0.6 is 0 Å². The molecule has 9 aromatic rings. The number of benzene rings is 7. The van der Waals surface area contributed by atoms with Gasteiger partial charge in [-0.3, -0.25) is 0 Å². The number of rotatable bonds is 7. The minimum absolute atomic E-state index is 0.300. The van der Waals surface area contributed by atoms with Crippen LogP contribution in [0.15, 0.2) is 176 Å². The summed E-state index contributed by atoms with van der Waals surface area (Å²) in [4.78, 5) is 0. The predicted molar refractivity (Wildman–Crippen MR) is 216 cm³/mol. The standard InChI is InChI=1S/C48H32N4/c1-32(47(28-33(31-50)26-27-49)52-43-19-11-10-18-40(43)48-39-17-9-8-16-36(39)20-25-46(48)52)51-44-23-21-37(34-12-4-2-5-13-34)29-41(44)42-30-38(22-24-45(42)51)35-14-6-3-7-15-35/h2-26,29-30,47H,1,28H2/b33-26-. The number of hydrogen-bond donors (Lipinski definition) is 0. The highest BCUT2D eigenvalue weighted by atomic mass is 15.1. The molecule has 52 heavy (non-hydrogen) atoms. The van der Waals surface area contributed by atoms with Crippen molar-refractivity contribution in [2.75, 3.05) is 0 Å². The third-order valence-electron chi connectivity index (χ3n) is 10.4. The van der Waals surface area contributed by atoms with Gasteiger partial charge in [0, 0.05) is 50.8 Å². The molecule has 0 radical (unpaired) electrons. The van der Waals surface area contributed by atoms with Crippen LogP contribution in [-0.4, -0.2) is 9.13 Å². The summed E-state index contributed by atoms with van der Waals surface area (Å²) in [7, 11) is 0. The van der Waals surface area contributed by atoms with Crippen molar-refractivity contribution in [3.63, 3.8) is 0 Å². The molecule has 0 saturated carbocycles. The first-order valence-corrected chi connectivity index (χ1v) is 17.4. The lowest BCUT2D eigenvalue weighted by Gasteiger charge is -2.26. The highest BCUT2D eigenvalue weighted by Gasteiger charge is 2.27. The summed E-state index contributed by atoms with van der Waals surface area (Å²) in [6.45, 7) is 4.86. The molecular formula is C48H32N4. The van der Waals surface area contributed by atoms with Crippen LogP contribution in [0.3, 0.4) is 0 Å². The summed E-state index contributed by atoms with van der Waals surface area (Å²) in [6.07, 6.45) is 1.67. The van der Waals surface area contributed by atoms with Gasteiger partial charge in [0.1, 0.15) is 0 Å². The van der Waals surface area contributed by atoms with Crippen molar-refractivity contribution in [1.29, 1.82) is 10.5 Å². The van der Waals surface area contributed by atoms with E-state index in [1.807, 2.05) is 12.1 Å². The van der Waals surface area contributed by atoms with Gasteiger partial charge < -0.3 is 9.13 Å². The minimum atomic E-state index is -0.399. The predicted octanol–water partition coefficient (Wildman–Crippen LogP) is 12.5. The van der Waals surface area contributed by atoms with Gasteiger partial charge in [-0.05, 0) is 69.4 Å². The maximum absolute atomic E-state index is 10.3. The second kappa shape index (κ2) is 12.6. The zero-order valence-electron chi connectivity index (χ0n) is 28.4. The molecule has 4 nitrogen and oxygen atoms in total. The monoisotopic (exact) mass is 664 g/mol. The van der Waals surface area contributed by atoms with Crippen LogP contribution in [0.25, 0.3) is 82.3 Å². The highest BCUT2D eigenvalue weighted by molar-refractivity contribution is 6.21. The first-order valence-electron chi connectivity index (χ1n) is 17.4. The van der Waals surface area contributed by atoms with E-state index in [0.717, 1.165) is 71.6 Å². The van der Waals surface area contributed by atoms with E-state index in [1.54, 1.807) is 0 Å². The molecule has 7 aromatic carbocycles. The van der Waals surface area contributed by atoms with Gasteiger partial charge in [-0.1, -0.05) is 128 Å². The van der Waals surface area contributed by atoms with Crippen molar-refractivity contribution >= 4 is 60.1 Å². The quantitative estimate of drug-likeness (QED) is 0.159. The molecule has 0 aliphatic heterocycles. The zero-order valence-corrected chi connectivity index (χ0v) is 28.4. The van der Waals surface area contributed by atoms with Crippen molar-refractivity contribution in [2.45, 2.75) is 12.5 Å². The normalized spacial score (nSPS) is 12.4. The van der Waals surface area contributed by atoms with Gasteiger partial charge in [-0.25, -0.2) is 0 Å². The van der Waals surface area contributed by atoms with Gasteiger partial charge in [-0.2, -0.15) is 10.5 Å². The van der Waals surface area contributed by atoms with Crippen molar-refractivity contribution in [3.05, 3.63) is 176 Å². The van der Waals surface area contributed by atoms with Crippen LogP contribution in [0.2, 0.25) is 0 Å². The zero-order chi connectivity index (χ0) is 35.2. The largest absolute Gasteiger partial charge is 0.331 e. The topological polar surface area (TPSA) is 57.4 Å². The molecule has 0 bridgehead atoms. The molecule has 4 heteroatoms. The second-order valence-corrected chi connectivity index (χ2v) is 13.2. The molecule has 1 atom stereocenters. The summed E-state index contributed by atoms with van der Waals surface area (Å²) in [5, 5.41) is 26.9. The van der Waals surface area contributed by atoms with E-state index in [4.69, 9.17) is 6.58 Å². The first-order chi connectivity index (χ1) is 25.6. The van der Waals surface area contributed by atoms with Crippen LogP contribution < -0.4 is 0 Å². The van der Waals surface area contributed by atoms with E-state index in [-0.39, 0.29) is 0 Å². The second-order valence-electron chi connectivity index (χ2n) is 13.2. The fourth-order valence-electron chi connectivity index (χ4n) is 7.99. The van der Waals surface area contributed by atoms with Crippen molar-refractivity contribution in [3.8, 4) is 34.4 Å². The Morgan fingerprint density at radius 2 is 1.12 bits per heavy atom. The van der Waals surface area contributed by atoms with Crippen LogP contribution in [-0.2, 0) is 0 Å². The third kappa shape index (κ3) is 4.98. The maximum atomic E-state index is 10.3. The summed E-state index contributed by atoms with van der Waals surface area (Å²) < 4.78 is 4.60. The van der Waals surface area contributed by atoms with Gasteiger partial charge in [0.25, 0.3) is 0 Å². The lowest BCUT2D eigenvalue weighted by atomic mass is 10.0. The molecule has 0 fully saturated rings. The van der Waals surface area contributed by atoms with Gasteiger partial charge in [0.15, 0.2) is 0 Å². The van der Waals surface area contributed by atoms with E-state index < -0.39 is 6.04 Å². The number of allylic oxidation sites excluding steroid dienone is 3. The van der Waals surface area contributed by atoms with E-state index in [0.29, 0.717) is 12.0 Å². The van der Waals surface area contributed by atoms with Crippen LogP contribution in [0.1, 0.15) is 12.5 Å². The fraction of sp³-hybridized carbons (Fsp3) is 0.0417. The molecule has 2 heterocycles. The Kier molecular flexibility index (Phi) is 7.50. The molecule has 0 N–H and O–H groups in total. The average Bonchev–Trinajstić information content (AvgIpc) is 3.72. The van der Waals surface area contributed by atoms with E-state index >= 15 is 0 Å². The van der Waals surface area contributed by atoms with Gasteiger partial charge in [0.2, 0.25) is 0 Å². The molecule has 0 spiro atoms. The van der Waals surface area contributed by atoms with E-state index in [9.17, 15) is 10.5 Å². The first kappa shape index (κ1) is 30.9. The number of nitriles is 2. The summed E-state index contributed by atoms with van der Waals surface area (Å²) >= 11 is 0. The van der Waals surface area contributed by atoms with E-state index in [1.165, 1.54) is 16.8 Å². The van der Waals surface area contributed by atoms with E-state index in [2.05, 4.69) is 167 Å². The number of hydrogen-bond acceptors (Lipinski definition) is 2. The van der Waals surface area contributed by atoms with Crippen molar-refractivity contribution in [1.82, 2.24) is 9.13 Å². The van der Waals surface area contributed by atoms with Gasteiger partial charge in [0.05, 0.1) is 34.7 Å². The van der Waals surface area contributed by atoms with Crippen molar-refractivity contribution < 1.29 is 0 Å². The Hall–Kier alpha value is -7.14. The Bertz CT molecular complexity index is 2870. The molecule has 9 rings (SSSR count). The maximum Gasteiger partial charge on any atom is 0.0955 e. The molecule has 0 aliphatic rings. The van der Waals surface area contributed by atoms with Crippen LogP contribution in [0, 0.1) is 22.7 Å². The molecule has 0 aliphatic carbocycles. The molecule has 244 valence electrons. The summed E-state index contributed by atoms with van der Waals surface area (Å²) in [5.74, 6) is 0. The van der Waals surface area contributed by atoms with Crippen molar-refractivity contribution in [2.24, 2.45) is 0 Å². The molecular weight excluding hydrogens is 633 g/mol. The van der Waals surface area contributed by atoms with Crippen LogP contribution in [0.4, 0.5) is 0 Å². The molecule has 0 amide bonds. The van der Waals surface area contributed by atoms with Gasteiger partial charge >= 0.3 is 0 Å². The molecule has 1 unspecified atom stereocenters. The number of para-hydroxylation sites is 1. The molecule has 0 saturated heterocycles. The Labute approximate surface area is 301 Å². The summed E-state index contributed by atoms with van der Waals surface area (Å²) in [5.41, 5.74) is 9.96. The fourth-order valence-corrected chi connectivity index (χ4v) is 7.99. The Balaban J connectivity index is 1.34. The minimum Gasteiger partial charge on any atom is -0.331 e. The lowest BCUT2D eigenvalue weighted by molar-refractivity contribution is 0.640. The smallest absolute Gasteiger partial charge is 0.0955 e. The lowest BCUT2D eigenvalue weighted by Crippen LogP contribution is -2.15. The number of fused-ring (bicyclic) bond motifs is 8. The Morgan fingerprint density at radius 1 is 0.558 bits per heavy atom. The highest BCUT2D eigenvalue weighted by Crippen LogP contribution is 2.44. The average molecular weight is 665 g/mol. The number of nitrogens with zero attached hydrogens (tertiary/aromatic N) is 4. The third-order valence-corrected chi connectivity index (χ3v) is 10.4. The SMILES string of the molecule is C=C(C(C/C(C#N)=C/C#N)n1c2ccccc2c2c3ccccc3ccc21)n1c2ccc(-c3ccccc3)cc2c2cc(-c3ccccc3)ccc21. The summed E-state index contributed by atoms with van der Waals surface area (Å²) in [6, 6.07) is 59.5. The van der Waals surface area contributed by atoms with Gasteiger partial charge in [-0.15, -0.1) is 0 Å². The molecule has 2 aromatic heterocycles. The Morgan fingerprint density at radius 3 is 1.73 bits per heavy atom. The number of aromatic nitrogens is 2.